The Morgan fingerprint density at radius 2 is 1.46 bits per heavy atom. The van der Waals surface area contributed by atoms with E-state index in [2.05, 4.69) is 90.7 Å². The fourth-order valence-electron chi connectivity index (χ4n) is 3.50. The van der Waals surface area contributed by atoms with Gasteiger partial charge in [0.15, 0.2) is 0 Å². The maximum Gasteiger partial charge on any atom is 0.143 e. The van der Waals surface area contributed by atoms with Crippen molar-refractivity contribution in [2.75, 3.05) is 6.73 Å². The SMILES string of the molecule is C[C@H](c1ccccc1)N1COc2ccccc2[C@H]1c1ccccc1. The molecule has 0 unspecified atom stereocenters. The largest absolute Gasteiger partial charge is 0.478 e. The van der Waals surface area contributed by atoms with Gasteiger partial charge in [0.25, 0.3) is 0 Å². The Morgan fingerprint density at radius 3 is 2.21 bits per heavy atom. The number of benzene rings is 3. The molecule has 0 radical (unpaired) electrons. The predicted octanol–water partition coefficient (Wildman–Crippen LogP) is 5.19. The van der Waals surface area contributed by atoms with Crippen molar-refractivity contribution in [3.63, 3.8) is 0 Å². The minimum Gasteiger partial charge on any atom is -0.478 e. The first-order chi connectivity index (χ1) is 11.8. The Hall–Kier alpha value is -2.58. The summed E-state index contributed by atoms with van der Waals surface area (Å²) in [6.45, 7) is 2.84. The second-order valence-corrected chi connectivity index (χ2v) is 6.23. The van der Waals surface area contributed by atoms with Crippen LogP contribution < -0.4 is 4.74 Å². The van der Waals surface area contributed by atoms with E-state index in [4.69, 9.17) is 4.74 Å². The molecule has 1 heterocycles. The molecule has 0 spiro atoms. The maximum atomic E-state index is 6.06. The third-order valence-electron chi connectivity index (χ3n) is 4.81. The van der Waals surface area contributed by atoms with Crippen LogP contribution in [-0.4, -0.2) is 11.6 Å². The topological polar surface area (TPSA) is 12.5 Å². The van der Waals surface area contributed by atoms with Gasteiger partial charge in [-0.05, 0) is 24.1 Å². The number of ether oxygens (including phenoxy) is 1. The summed E-state index contributed by atoms with van der Waals surface area (Å²) in [6, 6.07) is 30.2. The van der Waals surface area contributed by atoms with Gasteiger partial charge in [-0.1, -0.05) is 78.9 Å². The van der Waals surface area contributed by atoms with Crippen LogP contribution in [-0.2, 0) is 0 Å². The number of para-hydroxylation sites is 1. The Kier molecular flexibility index (Phi) is 4.06. The summed E-state index contributed by atoms with van der Waals surface area (Å²) in [5.74, 6) is 0.989. The average Bonchev–Trinajstić information content (AvgIpc) is 2.68. The Labute approximate surface area is 143 Å². The second-order valence-electron chi connectivity index (χ2n) is 6.23. The van der Waals surface area contributed by atoms with E-state index in [1.54, 1.807) is 0 Å². The molecule has 120 valence electrons. The smallest absolute Gasteiger partial charge is 0.143 e. The summed E-state index contributed by atoms with van der Waals surface area (Å²) in [4.78, 5) is 2.42. The summed E-state index contributed by atoms with van der Waals surface area (Å²) in [5.41, 5.74) is 3.84. The Bertz CT molecular complexity index is 800. The molecule has 2 heteroatoms. The van der Waals surface area contributed by atoms with E-state index < -0.39 is 0 Å². The van der Waals surface area contributed by atoms with Gasteiger partial charge in [0.05, 0.1) is 6.04 Å². The van der Waals surface area contributed by atoms with Gasteiger partial charge in [0.1, 0.15) is 12.5 Å². The van der Waals surface area contributed by atoms with Crippen LogP contribution in [0.5, 0.6) is 5.75 Å². The number of rotatable bonds is 3. The molecule has 1 aliphatic rings. The molecule has 0 fully saturated rings. The zero-order valence-corrected chi connectivity index (χ0v) is 13.8. The standard InChI is InChI=1S/C22H21NO/c1-17(18-10-4-2-5-11-18)23-16-24-21-15-9-8-14-20(21)22(23)19-12-6-3-7-13-19/h2-15,17,22H,16H2,1H3/t17-,22-/m1/s1. The number of hydrogen-bond donors (Lipinski definition) is 0. The molecule has 1 aliphatic heterocycles. The monoisotopic (exact) mass is 315 g/mol. The van der Waals surface area contributed by atoms with E-state index >= 15 is 0 Å². The first kappa shape index (κ1) is 15.0. The van der Waals surface area contributed by atoms with E-state index in [-0.39, 0.29) is 12.1 Å². The van der Waals surface area contributed by atoms with Crippen LogP contribution in [0.4, 0.5) is 0 Å². The molecule has 24 heavy (non-hydrogen) atoms. The van der Waals surface area contributed by atoms with Crippen LogP contribution in [0, 0.1) is 0 Å². The summed E-state index contributed by atoms with van der Waals surface area (Å²) in [5, 5.41) is 0. The number of nitrogens with zero attached hydrogens (tertiary/aromatic N) is 1. The van der Waals surface area contributed by atoms with Crippen molar-refractivity contribution in [1.82, 2.24) is 4.90 Å². The number of hydrogen-bond acceptors (Lipinski definition) is 2. The minimum atomic E-state index is 0.200. The fraction of sp³-hybridized carbons (Fsp3) is 0.182. The lowest BCUT2D eigenvalue weighted by Crippen LogP contribution is -2.38. The van der Waals surface area contributed by atoms with Crippen molar-refractivity contribution in [1.29, 1.82) is 0 Å². The molecule has 0 saturated carbocycles. The van der Waals surface area contributed by atoms with Crippen LogP contribution in [0.25, 0.3) is 0 Å². The minimum absolute atomic E-state index is 0.200. The highest BCUT2D eigenvalue weighted by Gasteiger charge is 2.33. The Morgan fingerprint density at radius 1 is 0.833 bits per heavy atom. The van der Waals surface area contributed by atoms with Crippen molar-refractivity contribution in [2.45, 2.75) is 19.0 Å². The van der Waals surface area contributed by atoms with E-state index in [1.807, 2.05) is 6.07 Å². The van der Waals surface area contributed by atoms with Crippen LogP contribution in [0.3, 0.4) is 0 Å². The van der Waals surface area contributed by atoms with Crippen molar-refractivity contribution in [2.24, 2.45) is 0 Å². The first-order valence-corrected chi connectivity index (χ1v) is 8.42. The van der Waals surface area contributed by atoms with Gasteiger partial charge in [0, 0.05) is 11.6 Å². The normalized spacial score (nSPS) is 18.5. The highest BCUT2D eigenvalue weighted by atomic mass is 16.5. The lowest BCUT2D eigenvalue weighted by molar-refractivity contribution is 0.0401. The highest BCUT2D eigenvalue weighted by molar-refractivity contribution is 5.43. The van der Waals surface area contributed by atoms with Gasteiger partial charge in [0.2, 0.25) is 0 Å². The molecule has 3 aromatic carbocycles. The predicted molar refractivity (Wildman–Crippen MR) is 96.9 cm³/mol. The van der Waals surface area contributed by atoms with Gasteiger partial charge in [-0.3, -0.25) is 4.90 Å². The molecular weight excluding hydrogens is 294 g/mol. The van der Waals surface area contributed by atoms with Crippen molar-refractivity contribution in [3.8, 4) is 5.75 Å². The molecule has 0 aromatic heterocycles. The van der Waals surface area contributed by atoms with Gasteiger partial charge >= 0.3 is 0 Å². The zero-order valence-electron chi connectivity index (χ0n) is 13.8. The van der Waals surface area contributed by atoms with Crippen molar-refractivity contribution >= 4 is 0 Å². The van der Waals surface area contributed by atoms with Crippen LogP contribution in [0.1, 0.15) is 35.7 Å². The molecule has 3 aromatic rings. The molecule has 0 aliphatic carbocycles. The first-order valence-electron chi connectivity index (χ1n) is 8.42. The number of fused-ring (bicyclic) bond motifs is 1. The lowest BCUT2D eigenvalue weighted by Gasteiger charge is -2.41. The van der Waals surface area contributed by atoms with Gasteiger partial charge in [-0.15, -0.1) is 0 Å². The zero-order chi connectivity index (χ0) is 16.4. The molecule has 2 nitrogen and oxygen atoms in total. The van der Waals surface area contributed by atoms with Crippen molar-refractivity contribution in [3.05, 3.63) is 102 Å². The molecular formula is C22H21NO. The quantitative estimate of drug-likeness (QED) is 0.659. The summed E-state index contributed by atoms with van der Waals surface area (Å²) in [6.07, 6.45) is 0. The van der Waals surface area contributed by atoms with E-state index in [9.17, 15) is 0 Å². The third-order valence-corrected chi connectivity index (χ3v) is 4.81. The molecule has 0 bridgehead atoms. The molecule has 4 rings (SSSR count). The lowest BCUT2D eigenvalue weighted by atomic mass is 9.93. The van der Waals surface area contributed by atoms with Crippen molar-refractivity contribution < 1.29 is 4.74 Å². The van der Waals surface area contributed by atoms with Gasteiger partial charge < -0.3 is 4.74 Å². The third kappa shape index (κ3) is 2.70. The summed E-state index contributed by atoms with van der Waals surface area (Å²) in [7, 11) is 0. The molecule has 0 N–H and O–H groups in total. The van der Waals surface area contributed by atoms with Crippen LogP contribution in [0.2, 0.25) is 0 Å². The summed E-state index contributed by atoms with van der Waals surface area (Å²) >= 11 is 0. The maximum absolute atomic E-state index is 6.06. The van der Waals surface area contributed by atoms with Crippen LogP contribution >= 0.6 is 0 Å². The second kappa shape index (κ2) is 6.50. The molecule has 2 atom stereocenters. The van der Waals surface area contributed by atoms with E-state index in [0.717, 1.165) is 5.75 Å². The van der Waals surface area contributed by atoms with Gasteiger partial charge in [-0.25, -0.2) is 0 Å². The Balaban J connectivity index is 1.79. The van der Waals surface area contributed by atoms with Crippen LogP contribution in [0.15, 0.2) is 84.9 Å². The molecule has 0 saturated heterocycles. The van der Waals surface area contributed by atoms with E-state index in [1.165, 1.54) is 16.7 Å². The average molecular weight is 315 g/mol. The highest BCUT2D eigenvalue weighted by Crippen LogP contribution is 2.42. The fourth-order valence-corrected chi connectivity index (χ4v) is 3.50. The molecule has 0 amide bonds. The van der Waals surface area contributed by atoms with E-state index in [0.29, 0.717) is 6.73 Å². The van der Waals surface area contributed by atoms with Gasteiger partial charge in [-0.2, -0.15) is 0 Å². The summed E-state index contributed by atoms with van der Waals surface area (Å²) < 4.78 is 6.06.